The molecule has 5 rings (SSSR count). The van der Waals surface area contributed by atoms with E-state index in [9.17, 15) is 5.11 Å². The Morgan fingerprint density at radius 3 is 1.94 bits per heavy atom. The highest BCUT2D eigenvalue weighted by atomic mass is 16.8. The summed E-state index contributed by atoms with van der Waals surface area (Å²) in [5.41, 5.74) is 2.91. The van der Waals surface area contributed by atoms with Crippen molar-refractivity contribution in [3.8, 4) is 0 Å². The minimum atomic E-state index is -0.941. The fourth-order valence-electron chi connectivity index (χ4n) is 4.18. The van der Waals surface area contributed by atoms with Crippen LogP contribution in [0.1, 0.15) is 23.0 Å². The monoisotopic (exact) mass is 448 g/mol. The van der Waals surface area contributed by atoms with E-state index in [1.54, 1.807) is 0 Å². The van der Waals surface area contributed by atoms with Gasteiger partial charge in [-0.15, -0.1) is 0 Å². The average Bonchev–Trinajstić information content (AvgIpc) is 2.88. The Labute approximate surface area is 193 Å². The van der Waals surface area contributed by atoms with Crippen LogP contribution in [-0.2, 0) is 36.9 Å². The molecule has 0 amide bonds. The van der Waals surface area contributed by atoms with Crippen molar-refractivity contribution in [1.82, 2.24) is 0 Å². The van der Waals surface area contributed by atoms with Gasteiger partial charge in [0.05, 0.1) is 19.8 Å². The Bertz CT molecular complexity index is 983. The van der Waals surface area contributed by atoms with Crippen LogP contribution < -0.4 is 0 Å². The second-order valence-electron chi connectivity index (χ2n) is 8.27. The summed E-state index contributed by atoms with van der Waals surface area (Å²) >= 11 is 0. The molecule has 2 saturated heterocycles. The van der Waals surface area contributed by atoms with Crippen LogP contribution in [-0.4, -0.2) is 42.4 Å². The summed E-state index contributed by atoms with van der Waals surface area (Å²) in [4.78, 5) is 0. The SMILES string of the molecule is O[C@@H]1[C@@H](OCc2ccccc2)[C@@H](OCc2ccccc2)O[C@@H]2COC(c3ccccc3)O[C@@H]12. The zero-order valence-electron chi connectivity index (χ0n) is 18.2. The van der Waals surface area contributed by atoms with Gasteiger partial charge in [-0.05, 0) is 11.1 Å². The summed E-state index contributed by atoms with van der Waals surface area (Å²) in [6.07, 6.45) is -4.04. The van der Waals surface area contributed by atoms with Crippen molar-refractivity contribution in [1.29, 1.82) is 0 Å². The topological polar surface area (TPSA) is 66.4 Å². The van der Waals surface area contributed by atoms with Gasteiger partial charge in [-0.3, -0.25) is 0 Å². The van der Waals surface area contributed by atoms with Crippen molar-refractivity contribution in [3.05, 3.63) is 108 Å². The largest absolute Gasteiger partial charge is 0.387 e. The van der Waals surface area contributed by atoms with Crippen LogP contribution in [0.5, 0.6) is 0 Å². The first-order chi connectivity index (χ1) is 16.3. The lowest BCUT2D eigenvalue weighted by molar-refractivity contribution is -0.368. The molecule has 172 valence electrons. The van der Waals surface area contributed by atoms with E-state index in [-0.39, 0.29) is 6.61 Å². The number of ether oxygens (including phenoxy) is 5. The first-order valence-electron chi connectivity index (χ1n) is 11.2. The zero-order valence-corrected chi connectivity index (χ0v) is 18.2. The van der Waals surface area contributed by atoms with Crippen LogP contribution in [0.25, 0.3) is 0 Å². The van der Waals surface area contributed by atoms with Crippen LogP contribution in [0.2, 0.25) is 0 Å². The van der Waals surface area contributed by atoms with Gasteiger partial charge in [-0.1, -0.05) is 91.0 Å². The van der Waals surface area contributed by atoms with Gasteiger partial charge >= 0.3 is 0 Å². The molecule has 0 saturated carbocycles. The highest BCUT2D eigenvalue weighted by Gasteiger charge is 2.50. The highest BCUT2D eigenvalue weighted by Crippen LogP contribution is 2.35. The minimum absolute atomic E-state index is 0.290. The molecule has 2 aliphatic heterocycles. The van der Waals surface area contributed by atoms with Gasteiger partial charge in [0.15, 0.2) is 12.6 Å². The summed E-state index contributed by atoms with van der Waals surface area (Å²) in [5, 5.41) is 11.3. The van der Waals surface area contributed by atoms with Gasteiger partial charge in [0.1, 0.15) is 24.4 Å². The molecular formula is C27H28O6. The van der Waals surface area contributed by atoms with Crippen molar-refractivity contribution in [3.63, 3.8) is 0 Å². The fourth-order valence-corrected chi connectivity index (χ4v) is 4.18. The molecular weight excluding hydrogens is 420 g/mol. The second-order valence-corrected chi connectivity index (χ2v) is 8.27. The smallest absolute Gasteiger partial charge is 0.187 e. The first kappa shape index (κ1) is 22.2. The molecule has 1 unspecified atom stereocenters. The molecule has 2 aliphatic rings. The van der Waals surface area contributed by atoms with Crippen molar-refractivity contribution in [2.45, 2.75) is 50.2 Å². The van der Waals surface area contributed by atoms with E-state index in [1.807, 2.05) is 91.0 Å². The maximum Gasteiger partial charge on any atom is 0.187 e. The van der Waals surface area contributed by atoms with Gasteiger partial charge < -0.3 is 28.8 Å². The number of hydrogen-bond acceptors (Lipinski definition) is 6. The molecule has 6 atom stereocenters. The number of aliphatic hydroxyl groups is 1. The van der Waals surface area contributed by atoms with Crippen LogP contribution in [0.3, 0.4) is 0 Å². The molecule has 3 aromatic rings. The lowest BCUT2D eigenvalue weighted by Crippen LogP contribution is -2.62. The summed E-state index contributed by atoms with van der Waals surface area (Å²) in [6.45, 7) is 0.959. The predicted molar refractivity (Wildman–Crippen MR) is 121 cm³/mol. The molecule has 6 nitrogen and oxygen atoms in total. The highest BCUT2D eigenvalue weighted by molar-refractivity contribution is 5.17. The molecule has 0 radical (unpaired) electrons. The van der Waals surface area contributed by atoms with Gasteiger partial charge in [0.25, 0.3) is 0 Å². The van der Waals surface area contributed by atoms with E-state index in [0.29, 0.717) is 13.2 Å². The standard InChI is InChI=1S/C27H28O6/c28-23-24-22(18-31-26(33-24)21-14-8-3-9-15-21)32-27(30-17-20-12-6-2-7-13-20)25(23)29-16-19-10-4-1-5-11-19/h1-15,22-28H,16-18H2/t22-,23+,24-,25-,26?,27+/m1/s1. The molecule has 6 heteroatoms. The van der Waals surface area contributed by atoms with E-state index in [2.05, 4.69) is 0 Å². The Morgan fingerprint density at radius 1 is 0.727 bits per heavy atom. The number of benzene rings is 3. The molecule has 33 heavy (non-hydrogen) atoms. The van der Waals surface area contributed by atoms with Crippen molar-refractivity contribution >= 4 is 0 Å². The molecule has 0 aliphatic carbocycles. The maximum atomic E-state index is 11.3. The van der Waals surface area contributed by atoms with Crippen molar-refractivity contribution in [2.24, 2.45) is 0 Å². The van der Waals surface area contributed by atoms with E-state index in [1.165, 1.54) is 0 Å². The summed E-state index contributed by atoms with van der Waals surface area (Å²) in [5.74, 6) is 0. The molecule has 2 heterocycles. The van der Waals surface area contributed by atoms with E-state index in [4.69, 9.17) is 23.7 Å². The van der Waals surface area contributed by atoms with E-state index >= 15 is 0 Å². The van der Waals surface area contributed by atoms with Crippen molar-refractivity contribution in [2.75, 3.05) is 6.61 Å². The third-order valence-corrected chi connectivity index (χ3v) is 5.92. The van der Waals surface area contributed by atoms with Crippen LogP contribution in [0.15, 0.2) is 91.0 Å². The lowest BCUT2D eigenvalue weighted by Gasteiger charge is -2.47. The summed E-state index contributed by atoms with van der Waals surface area (Å²) in [7, 11) is 0. The van der Waals surface area contributed by atoms with Crippen LogP contribution in [0, 0.1) is 0 Å². The zero-order chi connectivity index (χ0) is 22.5. The molecule has 0 spiro atoms. The molecule has 2 fully saturated rings. The normalized spacial score (nSPS) is 29.4. The average molecular weight is 449 g/mol. The van der Waals surface area contributed by atoms with Gasteiger partial charge in [-0.2, -0.15) is 0 Å². The minimum Gasteiger partial charge on any atom is -0.387 e. The molecule has 0 bridgehead atoms. The van der Waals surface area contributed by atoms with Crippen LogP contribution in [0.4, 0.5) is 0 Å². The van der Waals surface area contributed by atoms with E-state index in [0.717, 1.165) is 16.7 Å². The molecule has 0 aromatic heterocycles. The second kappa shape index (κ2) is 10.6. The molecule has 3 aromatic carbocycles. The first-order valence-corrected chi connectivity index (χ1v) is 11.2. The number of aliphatic hydroxyl groups excluding tert-OH is 1. The van der Waals surface area contributed by atoms with Gasteiger partial charge in [-0.25, -0.2) is 0 Å². The summed E-state index contributed by atoms with van der Waals surface area (Å²) < 4.78 is 30.5. The molecule has 1 N–H and O–H groups in total. The van der Waals surface area contributed by atoms with Crippen molar-refractivity contribution < 1.29 is 28.8 Å². The maximum absolute atomic E-state index is 11.3. The Balaban J connectivity index is 1.31. The third kappa shape index (κ3) is 5.33. The summed E-state index contributed by atoms with van der Waals surface area (Å²) in [6, 6.07) is 29.4. The Morgan fingerprint density at radius 2 is 1.30 bits per heavy atom. The quantitative estimate of drug-likeness (QED) is 0.590. The number of hydrogen-bond donors (Lipinski definition) is 1. The Kier molecular flexibility index (Phi) is 7.12. The number of rotatable bonds is 7. The lowest BCUT2D eigenvalue weighted by atomic mass is 9.97. The van der Waals surface area contributed by atoms with E-state index < -0.39 is 37.0 Å². The third-order valence-electron chi connectivity index (χ3n) is 5.92. The predicted octanol–water partition coefficient (Wildman–Crippen LogP) is 3.99. The fraction of sp³-hybridized carbons (Fsp3) is 0.333. The Hall–Kier alpha value is -2.58. The van der Waals surface area contributed by atoms with Gasteiger partial charge in [0.2, 0.25) is 0 Å². The number of fused-ring (bicyclic) bond motifs is 1. The van der Waals surface area contributed by atoms with Gasteiger partial charge in [0, 0.05) is 5.56 Å². The van der Waals surface area contributed by atoms with Crippen LogP contribution >= 0.6 is 0 Å².